The van der Waals surface area contributed by atoms with Crippen molar-refractivity contribution in [3.8, 4) is 22.3 Å². The monoisotopic (exact) mass is 425 g/mol. The fourth-order valence-corrected chi connectivity index (χ4v) is 5.06. The molecule has 1 aliphatic rings. The third-order valence-electron chi connectivity index (χ3n) is 6.92. The van der Waals surface area contributed by atoms with E-state index in [4.69, 9.17) is 0 Å². The van der Waals surface area contributed by atoms with Gasteiger partial charge < -0.3 is 0 Å². The molecule has 1 heterocycles. The summed E-state index contributed by atoms with van der Waals surface area (Å²) in [4.78, 5) is 17.9. The van der Waals surface area contributed by atoms with Crippen molar-refractivity contribution in [2.24, 2.45) is 0 Å². The fourth-order valence-electron chi connectivity index (χ4n) is 5.06. The minimum absolute atomic E-state index is 0.112. The van der Waals surface area contributed by atoms with E-state index in [1.54, 1.807) is 0 Å². The lowest BCUT2D eigenvalue weighted by Crippen LogP contribution is -2.30. The van der Waals surface area contributed by atoms with Crippen molar-refractivity contribution in [2.45, 2.75) is 19.3 Å². The Morgan fingerprint density at radius 2 is 1.24 bits per heavy atom. The van der Waals surface area contributed by atoms with Gasteiger partial charge in [-0.15, -0.1) is 0 Å². The Labute approximate surface area is 193 Å². The summed E-state index contributed by atoms with van der Waals surface area (Å²) >= 11 is 0. The van der Waals surface area contributed by atoms with E-state index in [9.17, 15) is 4.79 Å². The minimum atomic E-state index is -0.203. The molecular formula is C31H23NO. The molecule has 1 aromatic heterocycles. The molecule has 0 radical (unpaired) electrons. The van der Waals surface area contributed by atoms with Crippen LogP contribution in [-0.4, -0.2) is 10.8 Å². The Hall–Kier alpha value is -4.04. The molecule has 0 bridgehead atoms. The molecular weight excluding hydrogens is 402 g/mol. The molecule has 4 aromatic carbocycles. The minimum Gasteiger partial charge on any atom is -0.289 e. The number of hydrogen-bond acceptors (Lipinski definition) is 2. The molecule has 33 heavy (non-hydrogen) atoms. The highest BCUT2D eigenvalue weighted by molar-refractivity contribution is 6.13. The van der Waals surface area contributed by atoms with E-state index in [1.165, 1.54) is 0 Å². The van der Waals surface area contributed by atoms with Crippen LogP contribution in [0.3, 0.4) is 0 Å². The predicted molar refractivity (Wildman–Crippen MR) is 135 cm³/mol. The first-order valence-electron chi connectivity index (χ1n) is 11.3. The average molecular weight is 426 g/mol. The number of nitrogens with zero attached hydrogens (tertiary/aromatic N) is 1. The molecule has 1 aliphatic carbocycles. The lowest BCUT2D eigenvalue weighted by atomic mass is 9.68. The second-order valence-corrected chi connectivity index (χ2v) is 9.25. The van der Waals surface area contributed by atoms with Gasteiger partial charge in [0.1, 0.15) is 0 Å². The van der Waals surface area contributed by atoms with Crippen LogP contribution in [0.25, 0.3) is 33.2 Å². The number of carbonyl (C=O) groups is 1. The van der Waals surface area contributed by atoms with Crippen molar-refractivity contribution < 1.29 is 4.79 Å². The van der Waals surface area contributed by atoms with Crippen molar-refractivity contribution in [3.63, 3.8) is 0 Å². The number of pyridine rings is 1. The Kier molecular flexibility index (Phi) is 4.31. The summed E-state index contributed by atoms with van der Waals surface area (Å²) < 4.78 is 0. The van der Waals surface area contributed by atoms with Gasteiger partial charge in [0, 0.05) is 33.7 Å². The average Bonchev–Trinajstić information content (AvgIpc) is 2.87. The van der Waals surface area contributed by atoms with E-state index in [0.717, 1.165) is 55.4 Å². The van der Waals surface area contributed by atoms with Gasteiger partial charge in [0.25, 0.3) is 0 Å². The number of ketones is 1. The van der Waals surface area contributed by atoms with Crippen molar-refractivity contribution in [1.29, 1.82) is 0 Å². The predicted octanol–water partition coefficient (Wildman–Crippen LogP) is 7.44. The van der Waals surface area contributed by atoms with Gasteiger partial charge in [0.15, 0.2) is 5.78 Å². The summed E-state index contributed by atoms with van der Waals surface area (Å²) in [6.07, 6.45) is 1.93. The molecule has 0 saturated heterocycles. The number of hydrogen-bond donors (Lipinski definition) is 0. The summed E-state index contributed by atoms with van der Waals surface area (Å²) in [6.45, 7) is 4.40. The van der Waals surface area contributed by atoms with Crippen LogP contribution in [0, 0.1) is 0 Å². The molecule has 0 amide bonds. The van der Waals surface area contributed by atoms with E-state index in [1.807, 2.05) is 42.6 Å². The second kappa shape index (κ2) is 7.25. The molecule has 0 N–H and O–H groups in total. The van der Waals surface area contributed by atoms with E-state index in [0.29, 0.717) is 0 Å². The van der Waals surface area contributed by atoms with Crippen molar-refractivity contribution in [2.75, 3.05) is 0 Å². The third-order valence-corrected chi connectivity index (χ3v) is 6.92. The number of para-hydroxylation sites is 1. The van der Waals surface area contributed by atoms with Crippen molar-refractivity contribution in [1.82, 2.24) is 4.98 Å². The Morgan fingerprint density at radius 3 is 2.06 bits per heavy atom. The highest BCUT2D eigenvalue weighted by Crippen LogP contribution is 2.42. The molecule has 6 rings (SSSR count). The maximum atomic E-state index is 13.3. The molecule has 2 heteroatoms. The molecule has 158 valence electrons. The first-order valence-corrected chi connectivity index (χ1v) is 11.3. The van der Waals surface area contributed by atoms with Gasteiger partial charge in [-0.1, -0.05) is 92.7 Å². The number of carbonyl (C=O) groups excluding carboxylic acids is 1. The van der Waals surface area contributed by atoms with Crippen LogP contribution in [0.15, 0.2) is 103 Å². The smallest absolute Gasteiger partial charge is 0.193 e. The first kappa shape index (κ1) is 19.6. The van der Waals surface area contributed by atoms with E-state index < -0.39 is 0 Å². The number of fused-ring (bicyclic) bond motifs is 3. The molecule has 0 saturated carbocycles. The van der Waals surface area contributed by atoms with Gasteiger partial charge in [-0.05, 0) is 46.0 Å². The topological polar surface area (TPSA) is 30.0 Å². The zero-order valence-electron chi connectivity index (χ0n) is 18.7. The van der Waals surface area contributed by atoms with Crippen LogP contribution in [0.4, 0.5) is 0 Å². The second-order valence-electron chi connectivity index (χ2n) is 9.25. The van der Waals surface area contributed by atoms with Gasteiger partial charge in [-0.3, -0.25) is 9.78 Å². The van der Waals surface area contributed by atoms with Crippen LogP contribution in [0.5, 0.6) is 0 Å². The fraction of sp³-hybridized carbons (Fsp3) is 0.0968. The van der Waals surface area contributed by atoms with Gasteiger partial charge in [0.05, 0.1) is 5.52 Å². The standard InChI is InChI=1S/C31H23NO/c1-31(2)27-9-5-4-8-25(27)30(33)26-18-22(15-16-28(26)31)20-11-13-21(14-12-20)24-17-23-7-3-6-10-29(23)32-19-24/h3-19H,1-2H3. The molecule has 0 aliphatic heterocycles. The van der Waals surface area contributed by atoms with Crippen LogP contribution in [0.1, 0.15) is 40.9 Å². The highest BCUT2D eigenvalue weighted by atomic mass is 16.1. The molecule has 0 spiro atoms. The third kappa shape index (κ3) is 3.10. The first-order chi connectivity index (χ1) is 16.0. The Balaban J connectivity index is 1.38. The van der Waals surface area contributed by atoms with Crippen LogP contribution in [0.2, 0.25) is 0 Å². The highest BCUT2D eigenvalue weighted by Gasteiger charge is 2.36. The van der Waals surface area contributed by atoms with Crippen LogP contribution in [-0.2, 0) is 5.41 Å². The van der Waals surface area contributed by atoms with Crippen LogP contribution < -0.4 is 0 Å². The Morgan fingerprint density at radius 1 is 0.606 bits per heavy atom. The number of benzene rings is 4. The van der Waals surface area contributed by atoms with Crippen molar-refractivity contribution in [3.05, 3.63) is 126 Å². The summed E-state index contributed by atoms with van der Waals surface area (Å²) in [6, 6.07) is 33.1. The van der Waals surface area contributed by atoms with Gasteiger partial charge in [-0.25, -0.2) is 0 Å². The van der Waals surface area contributed by atoms with Gasteiger partial charge in [0.2, 0.25) is 0 Å². The summed E-state index contributed by atoms with van der Waals surface area (Å²) in [5.41, 5.74) is 8.98. The molecule has 0 unspecified atom stereocenters. The maximum Gasteiger partial charge on any atom is 0.193 e. The number of aromatic nitrogens is 1. The van der Waals surface area contributed by atoms with E-state index >= 15 is 0 Å². The molecule has 0 atom stereocenters. The summed E-state index contributed by atoms with van der Waals surface area (Å²) in [5.74, 6) is 0.112. The lowest BCUT2D eigenvalue weighted by Gasteiger charge is -2.34. The van der Waals surface area contributed by atoms with Gasteiger partial charge in [-0.2, -0.15) is 0 Å². The molecule has 5 aromatic rings. The normalized spacial score (nSPS) is 14.1. The summed E-state index contributed by atoms with van der Waals surface area (Å²) in [7, 11) is 0. The largest absolute Gasteiger partial charge is 0.289 e. The molecule has 2 nitrogen and oxygen atoms in total. The van der Waals surface area contributed by atoms with Gasteiger partial charge >= 0.3 is 0 Å². The number of rotatable bonds is 2. The lowest BCUT2D eigenvalue weighted by molar-refractivity contribution is 0.103. The summed E-state index contributed by atoms with van der Waals surface area (Å²) in [5, 5.41) is 1.13. The van der Waals surface area contributed by atoms with E-state index in [2.05, 4.69) is 79.5 Å². The van der Waals surface area contributed by atoms with Crippen LogP contribution >= 0.6 is 0 Å². The zero-order valence-corrected chi connectivity index (χ0v) is 18.7. The maximum absolute atomic E-state index is 13.3. The SMILES string of the molecule is CC1(C)c2ccccc2C(=O)c2cc(-c3ccc(-c4cnc5ccccc5c4)cc3)ccc21. The van der Waals surface area contributed by atoms with Crippen molar-refractivity contribution >= 4 is 16.7 Å². The quantitative estimate of drug-likeness (QED) is 0.294. The van der Waals surface area contributed by atoms with E-state index in [-0.39, 0.29) is 11.2 Å². The molecule has 0 fully saturated rings. The Bertz CT molecular complexity index is 1540. The zero-order chi connectivity index (χ0) is 22.6.